The Kier molecular flexibility index (Phi) is 3.75. The van der Waals surface area contributed by atoms with E-state index in [1.807, 2.05) is 13.0 Å². The van der Waals surface area contributed by atoms with E-state index in [4.69, 9.17) is 5.11 Å². The summed E-state index contributed by atoms with van der Waals surface area (Å²) < 4.78 is 15.2. The van der Waals surface area contributed by atoms with Crippen LogP contribution in [0.1, 0.15) is 16.8 Å². The highest BCUT2D eigenvalue weighted by molar-refractivity contribution is 5.38. The second-order valence-corrected chi connectivity index (χ2v) is 3.94. The van der Waals surface area contributed by atoms with E-state index < -0.39 is 0 Å². The summed E-state index contributed by atoms with van der Waals surface area (Å²) in [5, 5.41) is 12.8. The summed E-state index contributed by atoms with van der Waals surface area (Å²) in [6.45, 7) is 2.22. The fraction of sp³-hybridized carbons (Fsp3) is 0.214. The third kappa shape index (κ3) is 2.96. The Morgan fingerprint density at radius 1 is 1.39 bits per heavy atom. The number of aromatic nitrogens is 2. The van der Waals surface area contributed by atoms with Crippen molar-refractivity contribution >= 4 is 0 Å². The maximum Gasteiger partial charge on any atom is 0.124 e. The second-order valence-electron chi connectivity index (χ2n) is 3.94. The number of hydrogen-bond acceptors (Lipinski definition) is 2. The Bertz CT molecular complexity index is 608. The average Bonchev–Trinajstić information content (AvgIpc) is 2.72. The molecule has 3 nitrogen and oxygen atoms in total. The molecule has 2 aromatic rings. The molecule has 0 spiro atoms. The Labute approximate surface area is 105 Å². The van der Waals surface area contributed by atoms with Crippen molar-refractivity contribution in [1.82, 2.24) is 9.78 Å². The van der Waals surface area contributed by atoms with Crippen molar-refractivity contribution in [2.75, 3.05) is 6.61 Å². The summed E-state index contributed by atoms with van der Waals surface area (Å²) in [7, 11) is 0. The first-order valence-corrected chi connectivity index (χ1v) is 5.56. The van der Waals surface area contributed by atoms with Gasteiger partial charge in [0.1, 0.15) is 12.4 Å². The monoisotopic (exact) mass is 244 g/mol. The Morgan fingerprint density at radius 2 is 2.22 bits per heavy atom. The zero-order chi connectivity index (χ0) is 13.0. The lowest BCUT2D eigenvalue weighted by Crippen LogP contribution is -2.04. The SMILES string of the molecule is Cc1ccnn1Cc1cc(F)cc(C#CCO)c1. The molecule has 1 aromatic heterocycles. The summed E-state index contributed by atoms with van der Waals surface area (Å²) in [6, 6.07) is 6.51. The van der Waals surface area contributed by atoms with Crippen LogP contribution >= 0.6 is 0 Å². The van der Waals surface area contributed by atoms with Crippen LogP contribution in [0.15, 0.2) is 30.5 Å². The number of benzene rings is 1. The fourth-order valence-electron chi connectivity index (χ4n) is 1.69. The van der Waals surface area contributed by atoms with E-state index in [9.17, 15) is 4.39 Å². The lowest BCUT2D eigenvalue weighted by Gasteiger charge is -2.05. The van der Waals surface area contributed by atoms with Gasteiger partial charge in [0.25, 0.3) is 0 Å². The number of aryl methyl sites for hydroxylation is 1. The summed E-state index contributed by atoms with van der Waals surface area (Å²) in [5.74, 6) is 4.87. The van der Waals surface area contributed by atoms with Crippen molar-refractivity contribution in [2.45, 2.75) is 13.5 Å². The molecule has 18 heavy (non-hydrogen) atoms. The van der Waals surface area contributed by atoms with Gasteiger partial charge in [0.2, 0.25) is 0 Å². The van der Waals surface area contributed by atoms with Crippen LogP contribution in [0.4, 0.5) is 4.39 Å². The molecular weight excluding hydrogens is 231 g/mol. The van der Waals surface area contributed by atoms with Crippen LogP contribution in [-0.4, -0.2) is 21.5 Å². The van der Waals surface area contributed by atoms with Gasteiger partial charge in [-0.3, -0.25) is 4.68 Å². The molecule has 1 N–H and O–H groups in total. The molecule has 0 amide bonds. The molecule has 1 heterocycles. The Morgan fingerprint density at radius 3 is 2.89 bits per heavy atom. The molecule has 0 unspecified atom stereocenters. The molecule has 2 rings (SSSR count). The summed E-state index contributed by atoms with van der Waals surface area (Å²) >= 11 is 0. The third-order valence-corrected chi connectivity index (χ3v) is 2.53. The highest BCUT2D eigenvalue weighted by atomic mass is 19.1. The van der Waals surface area contributed by atoms with E-state index in [1.54, 1.807) is 16.9 Å². The van der Waals surface area contributed by atoms with Crippen molar-refractivity contribution < 1.29 is 9.50 Å². The minimum absolute atomic E-state index is 0.232. The summed E-state index contributed by atoms with van der Waals surface area (Å²) in [5.41, 5.74) is 2.37. The van der Waals surface area contributed by atoms with Gasteiger partial charge in [-0.25, -0.2) is 4.39 Å². The van der Waals surface area contributed by atoms with Crippen molar-refractivity contribution in [3.63, 3.8) is 0 Å². The summed E-state index contributed by atoms with van der Waals surface area (Å²) in [4.78, 5) is 0. The minimum atomic E-state index is -0.334. The van der Waals surface area contributed by atoms with Crippen LogP contribution in [0, 0.1) is 24.6 Å². The van der Waals surface area contributed by atoms with Gasteiger partial charge in [0, 0.05) is 17.5 Å². The maximum absolute atomic E-state index is 13.4. The van der Waals surface area contributed by atoms with Crippen LogP contribution in [-0.2, 0) is 6.54 Å². The Balaban J connectivity index is 2.28. The fourth-order valence-corrected chi connectivity index (χ4v) is 1.69. The van der Waals surface area contributed by atoms with Crippen LogP contribution in [0.2, 0.25) is 0 Å². The highest BCUT2D eigenvalue weighted by Gasteiger charge is 2.02. The standard InChI is InChI=1S/C14H13FN2O/c1-11-4-5-16-17(11)10-13-7-12(3-2-6-18)8-14(15)9-13/h4-5,7-9,18H,6,10H2,1H3. The first-order valence-electron chi connectivity index (χ1n) is 5.56. The van der Waals surface area contributed by atoms with E-state index in [0.29, 0.717) is 12.1 Å². The number of rotatable bonds is 2. The Hall–Kier alpha value is -2.12. The van der Waals surface area contributed by atoms with Gasteiger partial charge < -0.3 is 5.11 Å². The van der Waals surface area contributed by atoms with E-state index in [-0.39, 0.29) is 12.4 Å². The van der Waals surface area contributed by atoms with Crippen LogP contribution < -0.4 is 0 Å². The lowest BCUT2D eigenvalue weighted by molar-refractivity contribution is 0.350. The normalized spacial score (nSPS) is 9.94. The number of hydrogen-bond donors (Lipinski definition) is 1. The third-order valence-electron chi connectivity index (χ3n) is 2.53. The first-order chi connectivity index (χ1) is 8.69. The summed E-state index contributed by atoms with van der Waals surface area (Å²) in [6.07, 6.45) is 1.71. The second kappa shape index (κ2) is 5.48. The molecule has 0 saturated heterocycles. The topological polar surface area (TPSA) is 38.0 Å². The zero-order valence-electron chi connectivity index (χ0n) is 10.0. The minimum Gasteiger partial charge on any atom is -0.384 e. The molecule has 92 valence electrons. The number of aliphatic hydroxyl groups is 1. The molecule has 0 fully saturated rings. The predicted molar refractivity (Wildman–Crippen MR) is 66.4 cm³/mol. The van der Waals surface area contributed by atoms with Crippen LogP contribution in [0.25, 0.3) is 0 Å². The van der Waals surface area contributed by atoms with E-state index in [1.165, 1.54) is 12.1 Å². The molecule has 0 saturated carbocycles. The quantitative estimate of drug-likeness (QED) is 0.817. The molecule has 0 aliphatic rings. The molecule has 0 radical (unpaired) electrons. The van der Waals surface area contributed by atoms with E-state index in [2.05, 4.69) is 16.9 Å². The predicted octanol–water partition coefficient (Wildman–Crippen LogP) is 1.72. The molecule has 0 atom stereocenters. The smallest absolute Gasteiger partial charge is 0.124 e. The maximum atomic E-state index is 13.4. The van der Waals surface area contributed by atoms with Gasteiger partial charge in [-0.2, -0.15) is 5.10 Å². The molecule has 0 aliphatic carbocycles. The lowest BCUT2D eigenvalue weighted by atomic mass is 10.1. The van der Waals surface area contributed by atoms with Gasteiger partial charge in [0.05, 0.1) is 6.54 Å². The van der Waals surface area contributed by atoms with Crippen molar-refractivity contribution in [3.8, 4) is 11.8 Å². The van der Waals surface area contributed by atoms with Crippen molar-refractivity contribution in [2.24, 2.45) is 0 Å². The molecule has 4 heteroatoms. The highest BCUT2D eigenvalue weighted by Crippen LogP contribution is 2.11. The van der Waals surface area contributed by atoms with Crippen LogP contribution in [0.3, 0.4) is 0 Å². The number of nitrogens with zero attached hydrogens (tertiary/aromatic N) is 2. The average molecular weight is 244 g/mol. The van der Waals surface area contributed by atoms with Gasteiger partial charge in [0.15, 0.2) is 0 Å². The van der Waals surface area contributed by atoms with Crippen molar-refractivity contribution in [3.05, 3.63) is 53.1 Å². The number of halogens is 1. The van der Waals surface area contributed by atoms with Crippen molar-refractivity contribution in [1.29, 1.82) is 0 Å². The van der Waals surface area contributed by atoms with Gasteiger partial charge in [-0.15, -0.1) is 0 Å². The largest absolute Gasteiger partial charge is 0.384 e. The molecule has 0 aliphatic heterocycles. The molecular formula is C14H13FN2O. The van der Waals surface area contributed by atoms with Gasteiger partial charge in [-0.1, -0.05) is 11.8 Å². The van der Waals surface area contributed by atoms with Gasteiger partial charge >= 0.3 is 0 Å². The number of aliphatic hydroxyl groups excluding tert-OH is 1. The first kappa shape index (κ1) is 12.3. The molecule has 1 aromatic carbocycles. The van der Waals surface area contributed by atoms with E-state index >= 15 is 0 Å². The van der Waals surface area contributed by atoms with Gasteiger partial charge in [-0.05, 0) is 36.8 Å². The van der Waals surface area contributed by atoms with E-state index in [0.717, 1.165) is 11.3 Å². The van der Waals surface area contributed by atoms with Crippen LogP contribution in [0.5, 0.6) is 0 Å². The zero-order valence-corrected chi connectivity index (χ0v) is 10.0. The molecule has 0 bridgehead atoms.